The summed E-state index contributed by atoms with van der Waals surface area (Å²) >= 11 is 1.31. The van der Waals surface area contributed by atoms with Crippen molar-refractivity contribution < 1.29 is 9.53 Å². The van der Waals surface area contributed by atoms with E-state index in [4.69, 9.17) is 10.3 Å². The van der Waals surface area contributed by atoms with Crippen molar-refractivity contribution in [1.29, 1.82) is 0 Å². The second kappa shape index (κ2) is 4.96. The number of hydrogen-bond acceptors (Lipinski definition) is 5. The van der Waals surface area contributed by atoms with Gasteiger partial charge < -0.3 is 4.74 Å². The number of carbonyl (C=O) groups is 1. The highest BCUT2D eigenvalue weighted by atomic mass is 32.1. The molecule has 86 valence electrons. The number of thiazole rings is 1. The number of esters is 1. The topological polar surface area (TPSA) is 88.0 Å². The average Bonchev–Trinajstić information content (AvgIpc) is 2.66. The maximum absolute atomic E-state index is 11.8. The standard InChI is InChI=1S/C9H12N4O2S/c1-4-15-8(14)9(3,12-13-10)7-5-11-6(2)16-7/h5H,4H2,1-3H3. The molecule has 7 heteroatoms. The van der Waals surface area contributed by atoms with Gasteiger partial charge in [-0.1, -0.05) is 5.11 Å². The number of carbonyl (C=O) groups excluding carboxylic acids is 1. The molecule has 0 saturated carbocycles. The quantitative estimate of drug-likeness (QED) is 0.350. The normalized spacial score (nSPS) is 13.7. The first-order valence-electron chi connectivity index (χ1n) is 4.71. The minimum Gasteiger partial charge on any atom is -0.465 e. The highest BCUT2D eigenvalue weighted by Crippen LogP contribution is 2.31. The van der Waals surface area contributed by atoms with Crippen molar-refractivity contribution in [3.8, 4) is 0 Å². The SMILES string of the molecule is CCOC(=O)C(C)(N=[N+]=[N-])c1cnc(C)s1. The van der Waals surface area contributed by atoms with E-state index < -0.39 is 11.5 Å². The van der Waals surface area contributed by atoms with Gasteiger partial charge in [-0.25, -0.2) is 4.98 Å². The summed E-state index contributed by atoms with van der Waals surface area (Å²) in [6, 6.07) is 0. The zero-order chi connectivity index (χ0) is 12.2. The van der Waals surface area contributed by atoms with E-state index in [1.807, 2.05) is 6.92 Å². The second-order valence-corrected chi connectivity index (χ2v) is 4.46. The van der Waals surface area contributed by atoms with Crippen molar-refractivity contribution in [2.24, 2.45) is 5.11 Å². The Morgan fingerprint density at radius 3 is 2.94 bits per heavy atom. The first-order valence-corrected chi connectivity index (χ1v) is 5.52. The van der Waals surface area contributed by atoms with Crippen LogP contribution in [-0.4, -0.2) is 17.6 Å². The third-order valence-corrected chi connectivity index (χ3v) is 3.14. The molecule has 1 aromatic heterocycles. The van der Waals surface area contributed by atoms with Gasteiger partial charge in [0.05, 0.1) is 11.6 Å². The Morgan fingerprint density at radius 1 is 1.81 bits per heavy atom. The molecule has 0 aliphatic rings. The Hall–Kier alpha value is -1.59. The van der Waals surface area contributed by atoms with Crippen LogP contribution >= 0.6 is 11.3 Å². The Labute approximate surface area is 96.9 Å². The van der Waals surface area contributed by atoms with Crippen molar-refractivity contribution in [3.05, 3.63) is 26.5 Å². The molecule has 0 saturated heterocycles. The first kappa shape index (κ1) is 12.5. The van der Waals surface area contributed by atoms with E-state index in [0.717, 1.165) is 5.01 Å². The predicted octanol–water partition coefficient (Wildman–Crippen LogP) is 2.54. The van der Waals surface area contributed by atoms with Gasteiger partial charge in [0.2, 0.25) is 0 Å². The molecule has 0 aliphatic carbocycles. The summed E-state index contributed by atoms with van der Waals surface area (Å²) in [6.45, 7) is 5.28. The molecule has 1 aromatic rings. The van der Waals surface area contributed by atoms with E-state index in [1.54, 1.807) is 6.92 Å². The lowest BCUT2D eigenvalue weighted by molar-refractivity contribution is -0.149. The fourth-order valence-electron chi connectivity index (χ4n) is 1.14. The van der Waals surface area contributed by atoms with Crippen LogP contribution in [0.3, 0.4) is 0 Å². The molecule has 0 spiro atoms. The van der Waals surface area contributed by atoms with Crippen molar-refractivity contribution in [1.82, 2.24) is 4.98 Å². The van der Waals surface area contributed by atoms with Gasteiger partial charge in [-0.3, -0.25) is 4.79 Å². The molecule has 0 radical (unpaired) electrons. The first-order chi connectivity index (χ1) is 7.54. The van der Waals surface area contributed by atoms with Crippen molar-refractivity contribution in [2.45, 2.75) is 26.3 Å². The minimum atomic E-state index is -1.32. The summed E-state index contributed by atoms with van der Waals surface area (Å²) in [5, 5.41) is 4.34. The number of hydrogen-bond donors (Lipinski definition) is 0. The number of aromatic nitrogens is 1. The van der Waals surface area contributed by atoms with Gasteiger partial charge in [-0.2, -0.15) is 0 Å². The molecule has 0 N–H and O–H groups in total. The summed E-state index contributed by atoms with van der Waals surface area (Å²) in [5.74, 6) is -0.559. The lowest BCUT2D eigenvalue weighted by atomic mass is 10.0. The molecule has 1 heterocycles. The second-order valence-electron chi connectivity index (χ2n) is 3.23. The smallest absolute Gasteiger partial charge is 0.323 e. The number of ether oxygens (including phenoxy) is 1. The third-order valence-electron chi connectivity index (χ3n) is 2.02. The Morgan fingerprint density at radius 2 is 2.50 bits per heavy atom. The van der Waals surface area contributed by atoms with E-state index >= 15 is 0 Å². The number of nitrogens with zero attached hydrogens (tertiary/aromatic N) is 4. The van der Waals surface area contributed by atoms with Gasteiger partial charge >= 0.3 is 5.97 Å². The molecule has 0 aliphatic heterocycles. The van der Waals surface area contributed by atoms with E-state index in [2.05, 4.69) is 15.0 Å². The molecule has 0 amide bonds. The van der Waals surface area contributed by atoms with Gasteiger partial charge in [0.1, 0.15) is 0 Å². The summed E-state index contributed by atoms with van der Waals surface area (Å²) < 4.78 is 4.90. The van der Waals surface area contributed by atoms with Crippen LogP contribution in [0.2, 0.25) is 0 Å². The summed E-state index contributed by atoms with van der Waals surface area (Å²) in [4.78, 5) is 19.1. The molecule has 1 rings (SSSR count). The van der Waals surface area contributed by atoms with Gasteiger partial charge in [0.25, 0.3) is 0 Å². The molecule has 1 atom stereocenters. The number of aryl methyl sites for hydroxylation is 1. The van der Waals surface area contributed by atoms with Gasteiger partial charge in [-0.05, 0) is 26.3 Å². The third kappa shape index (κ3) is 2.32. The Bertz CT molecular complexity index is 438. The van der Waals surface area contributed by atoms with Crippen molar-refractivity contribution in [3.63, 3.8) is 0 Å². The van der Waals surface area contributed by atoms with Gasteiger partial charge in [0, 0.05) is 16.0 Å². The van der Waals surface area contributed by atoms with Crippen LogP contribution < -0.4 is 0 Å². The Kier molecular flexibility index (Phi) is 3.87. The lowest BCUT2D eigenvalue weighted by Gasteiger charge is -2.19. The maximum atomic E-state index is 11.8. The highest BCUT2D eigenvalue weighted by Gasteiger charge is 2.37. The number of rotatable bonds is 4. The monoisotopic (exact) mass is 240 g/mol. The zero-order valence-corrected chi connectivity index (χ0v) is 10.1. The molecular weight excluding hydrogens is 228 g/mol. The molecule has 6 nitrogen and oxygen atoms in total. The fourth-order valence-corrected chi connectivity index (χ4v) is 1.99. The lowest BCUT2D eigenvalue weighted by Crippen LogP contribution is -2.31. The number of azide groups is 1. The molecule has 1 unspecified atom stereocenters. The summed E-state index contributed by atoms with van der Waals surface area (Å²) in [7, 11) is 0. The summed E-state index contributed by atoms with van der Waals surface area (Å²) in [5.41, 5.74) is 7.20. The van der Waals surface area contributed by atoms with E-state index in [9.17, 15) is 4.79 Å². The summed E-state index contributed by atoms with van der Waals surface area (Å²) in [6.07, 6.45) is 1.53. The van der Waals surface area contributed by atoms with Crippen LogP contribution in [0.4, 0.5) is 0 Å². The molecule has 0 fully saturated rings. The van der Waals surface area contributed by atoms with Crippen LogP contribution in [0.25, 0.3) is 10.4 Å². The predicted molar refractivity (Wildman–Crippen MR) is 60.0 cm³/mol. The maximum Gasteiger partial charge on any atom is 0.323 e. The molecule has 0 aromatic carbocycles. The van der Waals surface area contributed by atoms with Crippen LogP contribution in [0.5, 0.6) is 0 Å². The average molecular weight is 240 g/mol. The van der Waals surface area contributed by atoms with Crippen molar-refractivity contribution in [2.75, 3.05) is 6.61 Å². The largest absolute Gasteiger partial charge is 0.465 e. The Balaban J connectivity index is 3.15. The van der Waals surface area contributed by atoms with Crippen LogP contribution in [0.1, 0.15) is 23.7 Å². The van der Waals surface area contributed by atoms with Gasteiger partial charge in [0.15, 0.2) is 5.54 Å². The van der Waals surface area contributed by atoms with Crippen LogP contribution in [-0.2, 0) is 15.1 Å². The van der Waals surface area contributed by atoms with Crippen LogP contribution in [0.15, 0.2) is 11.3 Å². The molecule has 0 bridgehead atoms. The van der Waals surface area contributed by atoms with Gasteiger partial charge in [-0.15, -0.1) is 11.3 Å². The van der Waals surface area contributed by atoms with E-state index in [1.165, 1.54) is 24.5 Å². The van der Waals surface area contributed by atoms with Crippen LogP contribution in [0, 0.1) is 6.92 Å². The minimum absolute atomic E-state index is 0.243. The van der Waals surface area contributed by atoms with E-state index in [-0.39, 0.29) is 6.61 Å². The van der Waals surface area contributed by atoms with E-state index in [0.29, 0.717) is 4.88 Å². The fraction of sp³-hybridized carbons (Fsp3) is 0.556. The molecule has 16 heavy (non-hydrogen) atoms. The molecular formula is C9H12N4O2S. The highest BCUT2D eigenvalue weighted by molar-refractivity contribution is 7.11. The zero-order valence-electron chi connectivity index (χ0n) is 9.30. The van der Waals surface area contributed by atoms with Crippen molar-refractivity contribution >= 4 is 17.3 Å².